The topological polar surface area (TPSA) is 35.5 Å². The van der Waals surface area contributed by atoms with E-state index in [0.717, 1.165) is 24.9 Å². The molecule has 0 unspecified atom stereocenters. The predicted octanol–water partition coefficient (Wildman–Crippen LogP) is 4.08. The zero-order chi connectivity index (χ0) is 18.9. The summed E-state index contributed by atoms with van der Waals surface area (Å²) in [5, 5.41) is 13.5. The fourth-order valence-electron chi connectivity index (χ4n) is 5.42. The maximum absolute atomic E-state index is 9.58. The Bertz CT molecular complexity index is 638. The van der Waals surface area contributed by atoms with Crippen molar-refractivity contribution in [2.45, 2.75) is 70.6 Å². The first-order valence-electron chi connectivity index (χ1n) is 11.0. The number of β-amino-alcohol motifs (C(OH)–C–C–N with tert-alkyl or cyclic N) is 1. The van der Waals surface area contributed by atoms with Crippen LogP contribution in [-0.2, 0) is 0 Å². The van der Waals surface area contributed by atoms with Crippen LogP contribution in [0.2, 0.25) is 0 Å². The van der Waals surface area contributed by atoms with Crippen molar-refractivity contribution in [3.8, 4) is 0 Å². The Morgan fingerprint density at radius 1 is 1.26 bits per heavy atom. The van der Waals surface area contributed by atoms with Gasteiger partial charge in [-0.3, -0.25) is 0 Å². The Morgan fingerprint density at radius 2 is 1.96 bits per heavy atom. The molecule has 3 atom stereocenters. The first-order chi connectivity index (χ1) is 13.1. The Hall–Kier alpha value is -1.16. The summed E-state index contributed by atoms with van der Waals surface area (Å²) in [6, 6.07) is 12.2. The van der Waals surface area contributed by atoms with E-state index in [1.165, 1.54) is 50.8 Å². The summed E-state index contributed by atoms with van der Waals surface area (Å²) < 4.78 is 0. The average Bonchev–Trinajstić information content (AvgIpc) is 3.39. The lowest BCUT2D eigenvalue weighted by molar-refractivity contribution is -0.00555. The fourth-order valence-corrected chi connectivity index (χ4v) is 5.42. The third kappa shape index (κ3) is 4.64. The lowest BCUT2D eigenvalue weighted by Gasteiger charge is -2.53. The number of benzene rings is 1. The van der Waals surface area contributed by atoms with Crippen molar-refractivity contribution in [2.24, 2.45) is 11.3 Å². The van der Waals surface area contributed by atoms with Gasteiger partial charge < -0.3 is 15.3 Å². The van der Waals surface area contributed by atoms with Gasteiger partial charge in [0.05, 0.1) is 6.10 Å². The van der Waals surface area contributed by atoms with Crippen molar-refractivity contribution in [1.82, 2.24) is 10.2 Å². The SMILES string of the molecule is CC/C(=C\c1ccccc1)[C@H]1C[C@@H]1NC1CC2(CCN(C[C@@H](C)O)CC2)C1. The molecule has 3 fully saturated rings. The van der Waals surface area contributed by atoms with Crippen LogP contribution >= 0.6 is 0 Å². The van der Waals surface area contributed by atoms with Crippen LogP contribution in [0.3, 0.4) is 0 Å². The highest BCUT2D eigenvalue weighted by molar-refractivity contribution is 5.54. The molecule has 148 valence electrons. The van der Waals surface area contributed by atoms with E-state index in [2.05, 4.69) is 53.5 Å². The number of hydrogen-bond acceptors (Lipinski definition) is 3. The predicted molar refractivity (Wildman–Crippen MR) is 113 cm³/mol. The Kier molecular flexibility index (Phi) is 5.73. The number of nitrogens with zero attached hydrogens (tertiary/aromatic N) is 1. The molecule has 0 aromatic heterocycles. The molecule has 2 aliphatic carbocycles. The second-order valence-corrected chi connectivity index (χ2v) is 9.35. The Balaban J connectivity index is 1.22. The Labute approximate surface area is 164 Å². The molecular weight excluding hydrogens is 332 g/mol. The average molecular weight is 369 g/mol. The molecular formula is C24H36N2O. The molecule has 27 heavy (non-hydrogen) atoms. The second-order valence-electron chi connectivity index (χ2n) is 9.35. The van der Waals surface area contributed by atoms with Crippen molar-refractivity contribution in [2.75, 3.05) is 19.6 Å². The molecule has 3 nitrogen and oxygen atoms in total. The second kappa shape index (κ2) is 8.06. The van der Waals surface area contributed by atoms with Gasteiger partial charge in [-0.2, -0.15) is 0 Å². The lowest BCUT2D eigenvalue weighted by Crippen LogP contribution is -2.54. The van der Waals surface area contributed by atoms with E-state index in [-0.39, 0.29) is 6.10 Å². The summed E-state index contributed by atoms with van der Waals surface area (Å²) in [6.45, 7) is 7.38. The largest absolute Gasteiger partial charge is 0.392 e. The fraction of sp³-hybridized carbons (Fsp3) is 0.667. The van der Waals surface area contributed by atoms with Crippen molar-refractivity contribution in [1.29, 1.82) is 0 Å². The molecule has 1 heterocycles. The van der Waals surface area contributed by atoms with Gasteiger partial charge in [0, 0.05) is 18.6 Å². The minimum atomic E-state index is -0.196. The minimum absolute atomic E-state index is 0.196. The van der Waals surface area contributed by atoms with Crippen molar-refractivity contribution in [3.05, 3.63) is 41.5 Å². The van der Waals surface area contributed by atoms with Crippen LogP contribution < -0.4 is 5.32 Å². The van der Waals surface area contributed by atoms with E-state index >= 15 is 0 Å². The molecule has 1 aromatic carbocycles. The van der Waals surface area contributed by atoms with E-state index in [4.69, 9.17) is 0 Å². The van der Waals surface area contributed by atoms with Crippen LogP contribution in [0.1, 0.15) is 57.9 Å². The molecule has 3 aliphatic rings. The van der Waals surface area contributed by atoms with Gasteiger partial charge in [0.1, 0.15) is 0 Å². The number of hydrogen-bond donors (Lipinski definition) is 2. The highest BCUT2D eigenvalue weighted by Crippen LogP contribution is 2.51. The molecule has 4 rings (SSSR count). The van der Waals surface area contributed by atoms with Crippen molar-refractivity contribution in [3.63, 3.8) is 0 Å². The molecule has 1 saturated heterocycles. The monoisotopic (exact) mass is 368 g/mol. The van der Waals surface area contributed by atoms with Crippen LogP contribution in [0, 0.1) is 11.3 Å². The standard InChI is InChI=1S/C24H36N2O/c1-3-20(13-19-7-5-4-6-8-19)22-14-23(22)25-21-15-24(16-21)9-11-26(12-10-24)17-18(2)27/h4-8,13,18,21-23,25,27H,3,9-12,14-17H2,1-2H3/b20-13+/t18-,22-,23+/m1/s1. The van der Waals surface area contributed by atoms with E-state index in [9.17, 15) is 5.11 Å². The summed E-state index contributed by atoms with van der Waals surface area (Å²) in [5.74, 6) is 0.750. The quantitative estimate of drug-likeness (QED) is 0.761. The van der Waals surface area contributed by atoms with Gasteiger partial charge in [0.25, 0.3) is 0 Å². The molecule has 1 spiro atoms. The van der Waals surface area contributed by atoms with Crippen molar-refractivity contribution < 1.29 is 5.11 Å². The van der Waals surface area contributed by atoms with Crippen LogP contribution in [0.25, 0.3) is 6.08 Å². The highest BCUT2D eigenvalue weighted by Gasteiger charge is 2.49. The lowest BCUT2D eigenvalue weighted by atomic mass is 9.60. The number of nitrogens with one attached hydrogen (secondary N) is 1. The maximum Gasteiger partial charge on any atom is 0.0639 e. The van der Waals surface area contributed by atoms with Crippen LogP contribution in [0.4, 0.5) is 0 Å². The van der Waals surface area contributed by atoms with E-state index in [1.807, 2.05) is 6.92 Å². The first-order valence-corrected chi connectivity index (χ1v) is 11.0. The molecule has 3 heteroatoms. The van der Waals surface area contributed by atoms with Crippen LogP contribution in [0.5, 0.6) is 0 Å². The maximum atomic E-state index is 9.58. The molecule has 1 aromatic rings. The molecule has 2 N–H and O–H groups in total. The summed E-state index contributed by atoms with van der Waals surface area (Å²) in [4.78, 5) is 2.44. The smallest absolute Gasteiger partial charge is 0.0639 e. The molecule has 0 radical (unpaired) electrons. The van der Waals surface area contributed by atoms with Gasteiger partial charge in [-0.05, 0) is 75.4 Å². The Morgan fingerprint density at radius 3 is 2.59 bits per heavy atom. The van der Waals surface area contributed by atoms with Crippen molar-refractivity contribution >= 4 is 6.08 Å². The van der Waals surface area contributed by atoms with Gasteiger partial charge in [-0.25, -0.2) is 0 Å². The van der Waals surface area contributed by atoms with Gasteiger partial charge in [-0.1, -0.05) is 48.9 Å². The summed E-state index contributed by atoms with van der Waals surface area (Å²) >= 11 is 0. The highest BCUT2D eigenvalue weighted by atomic mass is 16.3. The van der Waals surface area contributed by atoms with E-state index in [0.29, 0.717) is 11.5 Å². The number of likely N-dealkylation sites (tertiary alicyclic amines) is 1. The summed E-state index contributed by atoms with van der Waals surface area (Å²) in [5.41, 5.74) is 3.55. The van der Waals surface area contributed by atoms with Crippen LogP contribution in [-0.4, -0.2) is 47.8 Å². The van der Waals surface area contributed by atoms with E-state index in [1.54, 1.807) is 5.57 Å². The number of piperidine rings is 1. The number of aliphatic hydroxyl groups is 1. The zero-order valence-electron chi connectivity index (χ0n) is 17.0. The molecule has 0 bridgehead atoms. The van der Waals surface area contributed by atoms with E-state index < -0.39 is 0 Å². The normalized spacial score (nSPS) is 29.5. The summed E-state index contributed by atoms with van der Waals surface area (Å²) in [7, 11) is 0. The third-order valence-corrected chi connectivity index (χ3v) is 7.07. The van der Waals surface area contributed by atoms with Gasteiger partial charge in [0.2, 0.25) is 0 Å². The number of rotatable bonds is 7. The van der Waals surface area contributed by atoms with Crippen LogP contribution in [0.15, 0.2) is 35.9 Å². The van der Waals surface area contributed by atoms with Gasteiger partial charge in [0.15, 0.2) is 0 Å². The molecule has 0 amide bonds. The summed E-state index contributed by atoms with van der Waals surface area (Å²) in [6.07, 6.45) is 10.1. The molecule has 1 aliphatic heterocycles. The zero-order valence-corrected chi connectivity index (χ0v) is 17.0. The number of aliphatic hydroxyl groups excluding tert-OH is 1. The minimum Gasteiger partial charge on any atom is -0.392 e. The van der Waals surface area contributed by atoms with Gasteiger partial charge >= 0.3 is 0 Å². The first kappa shape index (κ1) is 19.2. The third-order valence-electron chi connectivity index (χ3n) is 7.07. The van der Waals surface area contributed by atoms with Gasteiger partial charge in [-0.15, -0.1) is 0 Å². The molecule has 2 saturated carbocycles.